The van der Waals surface area contributed by atoms with Gasteiger partial charge in [0.05, 0.1) is 10.7 Å². The molecule has 1 aliphatic heterocycles. The molecule has 1 aliphatic rings. The molecule has 2 N–H and O–H groups in total. The van der Waals surface area contributed by atoms with Crippen LogP contribution < -0.4 is 15.5 Å². The van der Waals surface area contributed by atoms with Gasteiger partial charge in [-0.3, -0.25) is 0 Å². The van der Waals surface area contributed by atoms with Gasteiger partial charge in [-0.1, -0.05) is 41.4 Å². The van der Waals surface area contributed by atoms with E-state index in [4.69, 9.17) is 11.6 Å². The van der Waals surface area contributed by atoms with E-state index in [0.717, 1.165) is 35.8 Å². The van der Waals surface area contributed by atoms with E-state index in [1.807, 2.05) is 61.2 Å². The van der Waals surface area contributed by atoms with Crippen molar-refractivity contribution in [1.82, 2.24) is 5.32 Å². The van der Waals surface area contributed by atoms with Gasteiger partial charge in [-0.15, -0.1) is 0 Å². The molecule has 25 heavy (non-hydrogen) atoms. The molecule has 6 heteroatoms. The third kappa shape index (κ3) is 5.06. The van der Waals surface area contributed by atoms with Crippen molar-refractivity contribution in [3.63, 3.8) is 0 Å². The van der Waals surface area contributed by atoms with E-state index < -0.39 is 0 Å². The van der Waals surface area contributed by atoms with Crippen LogP contribution in [0.2, 0.25) is 5.02 Å². The van der Waals surface area contributed by atoms with Gasteiger partial charge in [-0.2, -0.15) is 11.8 Å². The first-order chi connectivity index (χ1) is 12.1. The monoisotopic (exact) mass is 375 g/mol. The number of hydrogen-bond donors (Lipinski definition) is 2. The number of thioether (sulfide) groups is 1. The largest absolute Gasteiger partial charge is 0.369 e. The number of nitrogens with one attached hydrogen (secondary N) is 2. The molecule has 0 atom stereocenters. The van der Waals surface area contributed by atoms with Gasteiger partial charge in [0.1, 0.15) is 0 Å². The smallest absolute Gasteiger partial charge is 0.319 e. The van der Waals surface area contributed by atoms with Crippen LogP contribution in [-0.4, -0.2) is 30.6 Å². The van der Waals surface area contributed by atoms with Gasteiger partial charge in [0.15, 0.2) is 0 Å². The lowest BCUT2D eigenvalue weighted by molar-refractivity contribution is 0.251. The van der Waals surface area contributed by atoms with Gasteiger partial charge < -0.3 is 15.5 Å². The van der Waals surface area contributed by atoms with Gasteiger partial charge in [0.2, 0.25) is 0 Å². The summed E-state index contributed by atoms with van der Waals surface area (Å²) in [5, 5.41) is 6.37. The van der Waals surface area contributed by atoms with Crippen molar-refractivity contribution in [2.45, 2.75) is 13.5 Å². The number of aryl methyl sites for hydroxylation is 1. The Labute approximate surface area is 157 Å². The predicted molar refractivity (Wildman–Crippen MR) is 108 cm³/mol. The maximum atomic E-state index is 12.1. The zero-order chi connectivity index (χ0) is 17.6. The molecular weight excluding hydrogens is 354 g/mol. The van der Waals surface area contributed by atoms with Gasteiger partial charge in [-0.25, -0.2) is 4.79 Å². The molecular formula is C19H22ClN3OS. The Kier molecular flexibility index (Phi) is 6.10. The number of anilines is 2. The van der Waals surface area contributed by atoms with Gasteiger partial charge >= 0.3 is 6.03 Å². The molecule has 0 radical (unpaired) electrons. The summed E-state index contributed by atoms with van der Waals surface area (Å²) in [6, 6.07) is 13.5. The van der Waals surface area contributed by atoms with Crippen molar-refractivity contribution < 1.29 is 4.79 Å². The molecule has 1 fully saturated rings. The molecule has 2 aromatic carbocycles. The van der Waals surface area contributed by atoms with Crippen LogP contribution in [0, 0.1) is 6.92 Å². The summed E-state index contributed by atoms with van der Waals surface area (Å²) in [5.74, 6) is 2.25. The summed E-state index contributed by atoms with van der Waals surface area (Å²) in [6.07, 6.45) is 0. The number of benzene rings is 2. The fourth-order valence-electron chi connectivity index (χ4n) is 2.71. The number of urea groups is 1. The van der Waals surface area contributed by atoms with Gasteiger partial charge in [0, 0.05) is 36.8 Å². The Morgan fingerprint density at radius 3 is 2.56 bits per heavy atom. The van der Waals surface area contributed by atoms with Crippen molar-refractivity contribution >= 4 is 40.8 Å². The molecule has 132 valence electrons. The van der Waals surface area contributed by atoms with Crippen LogP contribution >= 0.6 is 23.4 Å². The summed E-state index contributed by atoms with van der Waals surface area (Å²) in [6.45, 7) is 4.55. The van der Waals surface area contributed by atoms with Crippen LogP contribution in [-0.2, 0) is 6.54 Å². The Morgan fingerprint density at radius 2 is 1.88 bits per heavy atom. The molecule has 1 heterocycles. The van der Waals surface area contributed by atoms with E-state index in [9.17, 15) is 4.79 Å². The maximum Gasteiger partial charge on any atom is 0.319 e. The summed E-state index contributed by atoms with van der Waals surface area (Å²) >= 11 is 8.38. The number of rotatable bonds is 4. The highest BCUT2D eigenvalue weighted by atomic mass is 35.5. The molecule has 1 saturated heterocycles. The number of carbonyl (C=O) groups excluding carboxylic acids is 1. The third-order valence-corrected chi connectivity index (χ3v) is 5.38. The van der Waals surface area contributed by atoms with Crippen LogP contribution in [0.5, 0.6) is 0 Å². The molecule has 0 bridgehead atoms. The highest BCUT2D eigenvalue weighted by Crippen LogP contribution is 2.30. The molecule has 3 rings (SSSR count). The number of amides is 2. The minimum absolute atomic E-state index is 0.237. The number of hydrogen-bond acceptors (Lipinski definition) is 3. The SMILES string of the molecule is Cc1ccc(CNC(=O)Nc2ccc(N3CCSCC3)c(Cl)c2)cc1. The van der Waals surface area contributed by atoms with Crippen LogP contribution in [0.15, 0.2) is 42.5 Å². The van der Waals surface area contributed by atoms with Gasteiger partial charge in [-0.05, 0) is 30.7 Å². The maximum absolute atomic E-state index is 12.1. The number of carbonyl (C=O) groups is 1. The fourth-order valence-corrected chi connectivity index (χ4v) is 3.91. The second kappa shape index (κ2) is 8.50. The topological polar surface area (TPSA) is 44.4 Å². The van der Waals surface area contributed by atoms with E-state index in [1.165, 1.54) is 5.56 Å². The molecule has 0 unspecified atom stereocenters. The van der Waals surface area contributed by atoms with E-state index in [-0.39, 0.29) is 6.03 Å². The van der Waals surface area contributed by atoms with E-state index in [2.05, 4.69) is 15.5 Å². The second-order valence-electron chi connectivity index (χ2n) is 6.06. The van der Waals surface area contributed by atoms with Crippen molar-refractivity contribution in [1.29, 1.82) is 0 Å². The first-order valence-corrected chi connectivity index (χ1v) is 9.88. The van der Waals surface area contributed by atoms with Crippen molar-refractivity contribution in [2.24, 2.45) is 0 Å². The van der Waals surface area contributed by atoms with Crippen LogP contribution in [0.4, 0.5) is 16.2 Å². The highest BCUT2D eigenvalue weighted by Gasteiger charge is 2.14. The lowest BCUT2D eigenvalue weighted by Crippen LogP contribution is -2.32. The Hall–Kier alpha value is -1.85. The molecule has 4 nitrogen and oxygen atoms in total. The number of nitrogens with zero attached hydrogens (tertiary/aromatic N) is 1. The van der Waals surface area contributed by atoms with Crippen molar-refractivity contribution in [3.05, 3.63) is 58.6 Å². The Balaban J connectivity index is 1.55. The Bertz CT molecular complexity index is 730. The van der Waals surface area contributed by atoms with E-state index >= 15 is 0 Å². The lowest BCUT2D eigenvalue weighted by Gasteiger charge is -2.29. The molecule has 0 spiro atoms. The van der Waals surface area contributed by atoms with E-state index in [0.29, 0.717) is 17.3 Å². The van der Waals surface area contributed by atoms with E-state index in [1.54, 1.807) is 0 Å². The summed E-state index contributed by atoms with van der Waals surface area (Å²) < 4.78 is 0. The lowest BCUT2D eigenvalue weighted by atomic mass is 10.1. The first kappa shape index (κ1) is 18.0. The van der Waals surface area contributed by atoms with Crippen molar-refractivity contribution in [2.75, 3.05) is 34.8 Å². The van der Waals surface area contributed by atoms with Crippen LogP contribution in [0.3, 0.4) is 0 Å². The average molecular weight is 376 g/mol. The quantitative estimate of drug-likeness (QED) is 0.825. The molecule has 0 saturated carbocycles. The number of halogens is 1. The average Bonchev–Trinajstić information content (AvgIpc) is 2.62. The van der Waals surface area contributed by atoms with Gasteiger partial charge in [0.25, 0.3) is 0 Å². The highest BCUT2D eigenvalue weighted by molar-refractivity contribution is 7.99. The Morgan fingerprint density at radius 1 is 1.16 bits per heavy atom. The zero-order valence-electron chi connectivity index (χ0n) is 14.2. The second-order valence-corrected chi connectivity index (χ2v) is 7.69. The summed E-state index contributed by atoms with van der Waals surface area (Å²) in [5.41, 5.74) is 4.00. The van der Waals surface area contributed by atoms with Crippen LogP contribution in [0.1, 0.15) is 11.1 Å². The normalized spacial score (nSPS) is 14.2. The molecule has 0 aliphatic carbocycles. The first-order valence-electron chi connectivity index (χ1n) is 8.34. The molecule has 0 aromatic heterocycles. The minimum Gasteiger partial charge on any atom is -0.369 e. The molecule has 2 aromatic rings. The summed E-state index contributed by atoms with van der Waals surface area (Å²) in [7, 11) is 0. The fraction of sp³-hybridized carbons (Fsp3) is 0.316. The van der Waals surface area contributed by atoms with Crippen LogP contribution in [0.25, 0.3) is 0 Å². The minimum atomic E-state index is -0.237. The third-order valence-electron chi connectivity index (χ3n) is 4.13. The predicted octanol–water partition coefficient (Wildman–Crippen LogP) is 4.52. The zero-order valence-corrected chi connectivity index (χ0v) is 15.8. The molecule has 2 amide bonds. The summed E-state index contributed by atoms with van der Waals surface area (Å²) in [4.78, 5) is 14.4. The van der Waals surface area contributed by atoms with Crippen molar-refractivity contribution in [3.8, 4) is 0 Å². The standard InChI is InChI=1S/C19H22ClN3OS/c1-14-2-4-15(5-3-14)13-21-19(24)22-16-6-7-18(17(20)12-16)23-8-10-25-11-9-23/h2-7,12H,8-11,13H2,1H3,(H2,21,22,24).